The zero-order valence-corrected chi connectivity index (χ0v) is 7.44. The Morgan fingerprint density at radius 1 is 1.08 bits per heavy atom. The Labute approximate surface area is 78.3 Å². The van der Waals surface area contributed by atoms with Crippen LogP contribution in [0.4, 0.5) is 0 Å². The highest BCUT2D eigenvalue weighted by Crippen LogP contribution is 2.21. The standard InChI is InChI=1S/C6H12O2.C2H6.2CH4/c1-3-6(2)7-4-5-8-6;1-2;;/h3-5H2,1-2H3;1-2H3;2*1H4. The summed E-state index contributed by atoms with van der Waals surface area (Å²) in [6.07, 6.45) is 0.938. The van der Waals surface area contributed by atoms with Crippen molar-refractivity contribution in [1.29, 1.82) is 0 Å². The minimum atomic E-state index is -0.264. The van der Waals surface area contributed by atoms with Crippen molar-refractivity contribution in [1.82, 2.24) is 0 Å². The van der Waals surface area contributed by atoms with Crippen LogP contribution in [0.25, 0.3) is 0 Å². The Balaban J connectivity index is -0.000000189. The van der Waals surface area contributed by atoms with Gasteiger partial charge in [-0.05, 0) is 13.3 Å². The molecule has 78 valence electrons. The second kappa shape index (κ2) is 9.01. The van der Waals surface area contributed by atoms with Crippen molar-refractivity contribution in [2.24, 2.45) is 0 Å². The normalized spacial score (nSPS) is 18.0. The number of hydrogen-bond acceptors (Lipinski definition) is 2. The van der Waals surface area contributed by atoms with Gasteiger partial charge in [0.15, 0.2) is 5.79 Å². The molecular weight excluding hydrogens is 152 g/mol. The number of rotatable bonds is 1. The lowest BCUT2D eigenvalue weighted by Crippen LogP contribution is -2.23. The summed E-state index contributed by atoms with van der Waals surface area (Å²) in [5.41, 5.74) is 0. The molecule has 0 aliphatic carbocycles. The first-order valence-corrected chi connectivity index (χ1v) is 4.05. The van der Waals surface area contributed by atoms with Gasteiger partial charge in [-0.1, -0.05) is 35.6 Å². The van der Waals surface area contributed by atoms with E-state index in [1.807, 2.05) is 20.8 Å². The van der Waals surface area contributed by atoms with E-state index < -0.39 is 0 Å². The van der Waals surface area contributed by atoms with Crippen LogP contribution in [0, 0.1) is 0 Å². The molecule has 2 nitrogen and oxygen atoms in total. The van der Waals surface area contributed by atoms with E-state index in [0.29, 0.717) is 0 Å². The lowest BCUT2D eigenvalue weighted by atomic mass is 10.2. The molecule has 0 aromatic rings. The largest absolute Gasteiger partial charge is 0.348 e. The van der Waals surface area contributed by atoms with Gasteiger partial charge in [-0.15, -0.1) is 0 Å². The summed E-state index contributed by atoms with van der Waals surface area (Å²) >= 11 is 0. The Morgan fingerprint density at radius 3 is 1.58 bits per heavy atom. The van der Waals surface area contributed by atoms with Crippen molar-refractivity contribution >= 4 is 0 Å². The van der Waals surface area contributed by atoms with Gasteiger partial charge < -0.3 is 9.47 Å². The molecule has 0 amide bonds. The van der Waals surface area contributed by atoms with Crippen LogP contribution in [0.3, 0.4) is 0 Å². The van der Waals surface area contributed by atoms with Gasteiger partial charge in [0, 0.05) is 0 Å². The van der Waals surface area contributed by atoms with Gasteiger partial charge in [-0.3, -0.25) is 0 Å². The smallest absolute Gasteiger partial charge is 0.165 e. The van der Waals surface area contributed by atoms with Crippen molar-refractivity contribution in [3.63, 3.8) is 0 Å². The Kier molecular flexibility index (Phi) is 13.4. The van der Waals surface area contributed by atoms with Crippen molar-refractivity contribution in [2.45, 2.75) is 54.8 Å². The van der Waals surface area contributed by atoms with E-state index in [0.717, 1.165) is 19.6 Å². The summed E-state index contributed by atoms with van der Waals surface area (Å²) in [5.74, 6) is -0.264. The molecule has 0 aromatic carbocycles. The third-order valence-corrected chi connectivity index (χ3v) is 1.54. The number of hydrogen-bond donors (Lipinski definition) is 0. The Bertz CT molecular complexity index is 75.9. The first kappa shape index (κ1) is 17.9. The van der Waals surface area contributed by atoms with Gasteiger partial charge in [0.05, 0.1) is 13.2 Å². The van der Waals surface area contributed by atoms with E-state index in [1.54, 1.807) is 0 Å². The van der Waals surface area contributed by atoms with Crippen molar-refractivity contribution in [3.8, 4) is 0 Å². The van der Waals surface area contributed by atoms with Gasteiger partial charge in [-0.25, -0.2) is 0 Å². The summed E-state index contributed by atoms with van der Waals surface area (Å²) in [5, 5.41) is 0. The van der Waals surface area contributed by atoms with Crippen molar-refractivity contribution in [3.05, 3.63) is 0 Å². The van der Waals surface area contributed by atoms with Crippen LogP contribution in [0.2, 0.25) is 0 Å². The van der Waals surface area contributed by atoms with Crippen LogP contribution < -0.4 is 0 Å². The van der Waals surface area contributed by atoms with Crippen LogP contribution in [-0.2, 0) is 9.47 Å². The molecule has 1 fully saturated rings. The van der Waals surface area contributed by atoms with E-state index in [2.05, 4.69) is 6.92 Å². The molecule has 1 rings (SSSR count). The third kappa shape index (κ3) is 5.56. The highest BCUT2D eigenvalue weighted by atomic mass is 16.7. The molecule has 0 atom stereocenters. The van der Waals surface area contributed by atoms with Crippen molar-refractivity contribution in [2.75, 3.05) is 13.2 Å². The predicted molar refractivity (Wildman–Crippen MR) is 55.4 cm³/mol. The van der Waals surface area contributed by atoms with Gasteiger partial charge in [0.25, 0.3) is 0 Å². The molecule has 0 saturated carbocycles. The molecule has 0 bridgehead atoms. The second-order valence-electron chi connectivity index (χ2n) is 2.18. The lowest BCUT2D eigenvalue weighted by Gasteiger charge is -2.18. The zero-order valence-electron chi connectivity index (χ0n) is 7.44. The second-order valence-corrected chi connectivity index (χ2v) is 2.18. The molecule has 0 N–H and O–H groups in total. The van der Waals surface area contributed by atoms with E-state index in [9.17, 15) is 0 Å². The summed E-state index contributed by atoms with van der Waals surface area (Å²) in [4.78, 5) is 0. The highest BCUT2D eigenvalue weighted by Gasteiger charge is 2.27. The molecular formula is C10H26O2. The van der Waals surface area contributed by atoms with Gasteiger partial charge in [0.2, 0.25) is 0 Å². The maximum absolute atomic E-state index is 5.27. The quantitative estimate of drug-likeness (QED) is 0.612. The van der Waals surface area contributed by atoms with E-state index in [-0.39, 0.29) is 20.6 Å². The van der Waals surface area contributed by atoms with Crippen molar-refractivity contribution < 1.29 is 9.47 Å². The Morgan fingerprint density at radius 2 is 1.42 bits per heavy atom. The maximum Gasteiger partial charge on any atom is 0.165 e. The van der Waals surface area contributed by atoms with E-state index in [1.165, 1.54) is 0 Å². The minimum absolute atomic E-state index is 0. The van der Waals surface area contributed by atoms with Crippen LogP contribution in [0.1, 0.15) is 49.0 Å². The Hall–Kier alpha value is -0.0800. The number of ether oxygens (including phenoxy) is 2. The summed E-state index contributed by atoms with van der Waals surface area (Å²) < 4.78 is 10.5. The fourth-order valence-corrected chi connectivity index (χ4v) is 0.761. The average molecular weight is 178 g/mol. The molecule has 2 heteroatoms. The first-order chi connectivity index (χ1) is 4.77. The van der Waals surface area contributed by atoms with Crippen LogP contribution in [-0.4, -0.2) is 19.0 Å². The zero-order chi connectivity index (χ0) is 8.04. The third-order valence-electron chi connectivity index (χ3n) is 1.54. The van der Waals surface area contributed by atoms with E-state index >= 15 is 0 Å². The maximum atomic E-state index is 5.27. The fourth-order valence-electron chi connectivity index (χ4n) is 0.761. The molecule has 1 aliphatic rings. The van der Waals surface area contributed by atoms with Crippen LogP contribution >= 0.6 is 0 Å². The summed E-state index contributed by atoms with van der Waals surface area (Å²) in [7, 11) is 0. The van der Waals surface area contributed by atoms with Gasteiger partial charge in [-0.2, -0.15) is 0 Å². The lowest BCUT2D eigenvalue weighted by molar-refractivity contribution is -0.143. The van der Waals surface area contributed by atoms with E-state index in [4.69, 9.17) is 9.47 Å². The SMILES string of the molecule is C.C.CC.CCC1(C)OCCO1. The topological polar surface area (TPSA) is 18.5 Å². The summed E-state index contributed by atoms with van der Waals surface area (Å²) in [6.45, 7) is 9.54. The molecule has 0 unspecified atom stereocenters. The molecule has 12 heavy (non-hydrogen) atoms. The van der Waals surface area contributed by atoms with Crippen LogP contribution in [0.15, 0.2) is 0 Å². The molecule has 1 saturated heterocycles. The van der Waals surface area contributed by atoms with Gasteiger partial charge >= 0.3 is 0 Å². The highest BCUT2D eigenvalue weighted by molar-refractivity contribution is 4.64. The summed E-state index contributed by atoms with van der Waals surface area (Å²) in [6, 6.07) is 0. The monoisotopic (exact) mass is 178 g/mol. The van der Waals surface area contributed by atoms with Gasteiger partial charge in [0.1, 0.15) is 0 Å². The molecule has 0 spiro atoms. The molecule has 0 radical (unpaired) electrons. The molecule has 1 heterocycles. The first-order valence-electron chi connectivity index (χ1n) is 4.05. The predicted octanol–water partition coefficient (Wildman–Crippen LogP) is 3.46. The molecule has 1 aliphatic heterocycles. The molecule has 0 aromatic heterocycles. The minimum Gasteiger partial charge on any atom is -0.348 e. The van der Waals surface area contributed by atoms with Crippen LogP contribution in [0.5, 0.6) is 0 Å². The average Bonchev–Trinajstić information content (AvgIpc) is 2.42. The fraction of sp³-hybridized carbons (Fsp3) is 1.00.